The fourth-order valence-electron chi connectivity index (χ4n) is 13.2. The molecule has 97 heavy (non-hydrogen) atoms. The highest BCUT2D eigenvalue weighted by atomic mass is 16.2. The number of rotatable bonds is 25. The molecule has 4 aliphatic rings. The number of carbonyl (C=O) groups excluding carboxylic acids is 13. The number of nitrogens with zero attached hydrogens (tertiary/aromatic N) is 3. The average molecular weight is 1360 g/mol. The molecule has 17 N–H and O–H groups in total. The normalized spacial score (nSPS) is 26.1. The van der Waals surface area contributed by atoms with Crippen LogP contribution in [0.5, 0.6) is 0 Å². The van der Waals surface area contributed by atoms with Gasteiger partial charge in [0.2, 0.25) is 53.2 Å². The van der Waals surface area contributed by atoms with Gasteiger partial charge in [-0.1, -0.05) is 112 Å². The zero-order valence-electron chi connectivity index (χ0n) is 58.5. The molecule has 3 heterocycles. The summed E-state index contributed by atoms with van der Waals surface area (Å²) < 4.78 is 0. The van der Waals surface area contributed by atoms with Crippen LogP contribution in [-0.4, -0.2) is 149 Å². The summed E-state index contributed by atoms with van der Waals surface area (Å²) in [4.78, 5) is 193. The first kappa shape index (κ1) is 81.5. The number of allylic oxidation sites excluding steroid dienone is 4. The molecule has 0 spiro atoms. The van der Waals surface area contributed by atoms with Gasteiger partial charge in [-0.25, -0.2) is 0 Å². The van der Waals surface area contributed by atoms with Crippen LogP contribution in [0.3, 0.4) is 0 Å². The van der Waals surface area contributed by atoms with E-state index in [0.29, 0.717) is 31.5 Å². The SMILES string of the molecule is CC(C)C[C@@H]1CC(=O)[C@H](CC(N)=O)NC(=O)C(C)(C)CCCCCCCCCN2CC[C@@](C(=O)C[C@@H](CCC(N)=O)C(=O)N[C@@H](CC(N)=O)C(N)=O)(C2)NC(=O)[C@H](CC(C)C)CC(=O)[C@H](CC(C)C)NC(=O)[C@H](CCCN=C(N)N)CC(=O)[C@H](CC2=CN=C3C=CC=CC23)NC1=O. The summed E-state index contributed by atoms with van der Waals surface area (Å²) in [7, 11) is 0. The van der Waals surface area contributed by atoms with Crippen LogP contribution in [0.1, 0.15) is 203 Å². The van der Waals surface area contributed by atoms with E-state index in [1.54, 1.807) is 20.0 Å². The van der Waals surface area contributed by atoms with Gasteiger partial charge in [-0.15, -0.1) is 0 Å². The molecule has 0 radical (unpaired) electrons. The molecule has 3 aliphatic heterocycles. The first-order valence-electron chi connectivity index (χ1n) is 34.8. The molecule has 2 unspecified atom stereocenters. The highest BCUT2D eigenvalue weighted by Crippen LogP contribution is 2.33. The highest BCUT2D eigenvalue weighted by molar-refractivity contribution is 6.04. The lowest BCUT2D eigenvalue weighted by atomic mass is 9.82. The number of amides is 9. The summed E-state index contributed by atoms with van der Waals surface area (Å²) in [6, 6.07) is -5.35. The van der Waals surface area contributed by atoms with Crippen LogP contribution in [0.25, 0.3) is 0 Å². The molecule has 27 heteroatoms. The van der Waals surface area contributed by atoms with Crippen molar-refractivity contribution in [2.24, 2.45) is 97.1 Å². The third-order valence-corrected chi connectivity index (χ3v) is 18.7. The lowest BCUT2D eigenvalue weighted by molar-refractivity contribution is -0.138. The third kappa shape index (κ3) is 27.8. The monoisotopic (exact) mass is 1360 g/mol. The molecule has 0 saturated carbocycles. The van der Waals surface area contributed by atoms with E-state index in [9.17, 15) is 38.4 Å². The molecule has 9 amide bonds. The summed E-state index contributed by atoms with van der Waals surface area (Å²) in [6.45, 7) is 15.7. The van der Waals surface area contributed by atoms with Crippen molar-refractivity contribution in [3.8, 4) is 0 Å². The Morgan fingerprint density at radius 1 is 0.649 bits per heavy atom. The number of Topliss-reactive ketones (excluding diaryl/α,β-unsaturated/α-hetero) is 4. The van der Waals surface area contributed by atoms with E-state index in [1.807, 2.05) is 70.7 Å². The largest absolute Gasteiger partial charge is 0.370 e. The van der Waals surface area contributed by atoms with Gasteiger partial charge in [0.15, 0.2) is 29.1 Å². The number of aliphatic imine (C=N–C) groups is 2. The summed E-state index contributed by atoms with van der Waals surface area (Å²) in [6.07, 6.45) is 12.4. The Morgan fingerprint density at radius 3 is 1.82 bits per heavy atom. The Kier molecular flexibility index (Phi) is 33.1. The van der Waals surface area contributed by atoms with E-state index in [4.69, 9.17) is 34.4 Å². The number of primary amides is 4. The zero-order valence-corrected chi connectivity index (χ0v) is 58.5. The van der Waals surface area contributed by atoms with Gasteiger partial charge in [0.05, 0.1) is 36.7 Å². The summed E-state index contributed by atoms with van der Waals surface area (Å²) in [5.41, 5.74) is 32.3. The first-order chi connectivity index (χ1) is 45.6. The minimum Gasteiger partial charge on any atom is -0.370 e. The van der Waals surface area contributed by atoms with E-state index in [-0.39, 0.29) is 107 Å². The molecule has 2 saturated heterocycles. The van der Waals surface area contributed by atoms with Crippen molar-refractivity contribution in [3.05, 3.63) is 36.1 Å². The Labute approximate surface area is 571 Å². The fraction of sp³-hybridized carbons (Fsp3) is 0.700. The van der Waals surface area contributed by atoms with Gasteiger partial charge >= 0.3 is 0 Å². The lowest BCUT2D eigenvalue weighted by Crippen LogP contribution is -2.59. The zero-order chi connectivity index (χ0) is 72.3. The highest BCUT2D eigenvalue weighted by Gasteiger charge is 2.48. The maximum atomic E-state index is 15.2. The van der Waals surface area contributed by atoms with Crippen molar-refractivity contribution < 1.29 is 62.3 Å². The predicted molar refractivity (Wildman–Crippen MR) is 368 cm³/mol. The van der Waals surface area contributed by atoms with E-state index in [0.717, 1.165) is 44.2 Å². The van der Waals surface area contributed by atoms with Crippen molar-refractivity contribution >= 4 is 88.0 Å². The average Bonchev–Trinajstić information content (AvgIpc) is 1.72. The molecule has 0 aromatic heterocycles. The topological polar surface area (TPSA) is 466 Å². The van der Waals surface area contributed by atoms with Gasteiger partial charge in [-0.2, -0.15) is 0 Å². The molecule has 0 aromatic carbocycles. The maximum absolute atomic E-state index is 15.2. The van der Waals surface area contributed by atoms with Crippen molar-refractivity contribution in [3.63, 3.8) is 0 Å². The van der Waals surface area contributed by atoms with E-state index in [2.05, 4.69) is 36.6 Å². The minimum atomic E-state index is -1.62. The molecular weight excluding hydrogens is 1240 g/mol. The molecular formula is C70H112N14O13. The predicted octanol–water partition coefficient (Wildman–Crippen LogP) is 3.11. The van der Waals surface area contributed by atoms with Crippen LogP contribution < -0.4 is 61.0 Å². The molecule has 1 aliphatic carbocycles. The fourth-order valence-corrected chi connectivity index (χ4v) is 13.2. The van der Waals surface area contributed by atoms with Crippen LogP contribution in [0.15, 0.2) is 46.1 Å². The number of ketones is 4. The van der Waals surface area contributed by atoms with Crippen LogP contribution in [0, 0.1) is 52.8 Å². The van der Waals surface area contributed by atoms with Gasteiger partial charge in [0, 0.05) is 92.9 Å². The second-order valence-corrected chi connectivity index (χ2v) is 29.1. The quantitative estimate of drug-likeness (QED) is 0.0355. The van der Waals surface area contributed by atoms with Gasteiger partial charge < -0.3 is 65.9 Å². The van der Waals surface area contributed by atoms with Crippen molar-refractivity contribution in [1.29, 1.82) is 0 Å². The second-order valence-electron chi connectivity index (χ2n) is 29.1. The smallest absolute Gasteiger partial charge is 0.240 e. The Bertz CT molecular complexity index is 2980. The lowest BCUT2D eigenvalue weighted by Gasteiger charge is -2.33. The summed E-state index contributed by atoms with van der Waals surface area (Å²) in [5, 5.41) is 14.2. The molecule has 2 bridgehead atoms. The van der Waals surface area contributed by atoms with Gasteiger partial charge in [-0.3, -0.25) is 72.3 Å². The second kappa shape index (κ2) is 39.4. The van der Waals surface area contributed by atoms with Crippen molar-refractivity contribution in [2.75, 3.05) is 26.2 Å². The van der Waals surface area contributed by atoms with Crippen LogP contribution in [0.4, 0.5) is 0 Å². The molecule has 11 atom stereocenters. The van der Waals surface area contributed by atoms with E-state index < -0.39 is 167 Å². The molecule has 27 nitrogen and oxygen atoms in total. The number of guanidine groups is 1. The number of fused-ring (bicyclic) bond motifs is 3. The first-order valence-corrected chi connectivity index (χ1v) is 34.8. The minimum absolute atomic E-state index is 0.0240. The Morgan fingerprint density at radius 2 is 1.23 bits per heavy atom. The summed E-state index contributed by atoms with van der Waals surface area (Å²) in [5.74, 6) is -14.6. The number of hydrogen-bond acceptors (Lipinski definition) is 16. The van der Waals surface area contributed by atoms with E-state index >= 15 is 24.0 Å². The molecule has 540 valence electrons. The molecule has 0 aromatic rings. The Balaban J connectivity index is 1.83. The van der Waals surface area contributed by atoms with Crippen LogP contribution in [0.2, 0.25) is 0 Å². The van der Waals surface area contributed by atoms with Gasteiger partial charge in [0.25, 0.3) is 0 Å². The van der Waals surface area contributed by atoms with E-state index in [1.165, 1.54) is 0 Å². The number of hydrogen-bond donors (Lipinski definition) is 11. The Hall–Kier alpha value is -7.97. The maximum Gasteiger partial charge on any atom is 0.240 e. The van der Waals surface area contributed by atoms with Gasteiger partial charge in [0.1, 0.15) is 11.6 Å². The van der Waals surface area contributed by atoms with Crippen LogP contribution >= 0.6 is 0 Å². The number of nitrogens with two attached hydrogens (primary N) is 6. The van der Waals surface area contributed by atoms with Crippen molar-refractivity contribution in [1.82, 2.24) is 31.5 Å². The summed E-state index contributed by atoms with van der Waals surface area (Å²) >= 11 is 0. The molecule has 2 fully saturated rings. The number of carbonyl (C=O) groups is 13. The van der Waals surface area contributed by atoms with Crippen molar-refractivity contribution in [2.45, 2.75) is 233 Å². The van der Waals surface area contributed by atoms with Gasteiger partial charge in [-0.05, 0) is 100 Å². The number of nitrogens with one attached hydrogen (secondary N) is 5. The van der Waals surface area contributed by atoms with Crippen LogP contribution in [-0.2, 0) is 62.3 Å². The molecule has 4 rings (SSSR count). The standard InChI is InChI=1S/C70H112N14O13/c1-41(2)29-46-34-57(87)53(37-60(72)90)82-67(97)69(7,8)24-16-12-10-9-11-13-17-27-84-28-25-70(40-84,58(88)36-45(22-23-59(71)89)64(94)81-54(62(74)92)38-61(73)91)83-66(96)47(30-42(3)4)35-56(86)51(31-43(5)6)79-63(93)44(19-18-26-77-68(75)76)33-55(85)52(80-65(46)95)32-48-39-78-50-21-15-14-20-49(48)50/h14-15,20-21,39,41-47,49,51-54H,9-13,16-19,22-38,40H2,1-8H3,(H2,71,89)(H2,72,90)(H2,73,91)(H2,74,92)(H,79,93)(H,80,95)(H,81,94)(H,82,97)(H,83,96)(H4,75,76,77)/t44-,45-,46-,47-,49?,51+,52+,53+,54+,70+/m1/s1. The third-order valence-electron chi connectivity index (χ3n) is 18.7.